The summed E-state index contributed by atoms with van der Waals surface area (Å²) in [5.41, 5.74) is 16.9. The van der Waals surface area contributed by atoms with Gasteiger partial charge in [0.2, 0.25) is 0 Å². The Bertz CT molecular complexity index is 3870. The van der Waals surface area contributed by atoms with Gasteiger partial charge in [-0.2, -0.15) is 0 Å². The molecule has 0 aliphatic heterocycles. The number of furan rings is 2. The van der Waals surface area contributed by atoms with E-state index in [1.165, 1.54) is 53.2 Å². The summed E-state index contributed by atoms with van der Waals surface area (Å²) in [6, 6.07) is 64.3. The van der Waals surface area contributed by atoms with Crippen molar-refractivity contribution >= 4 is 97.2 Å². The van der Waals surface area contributed by atoms with Crippen molar-refractivity contribution in [2.75, 3.05) is 0 Å². The Labute approximate surface area is 354 Å². The van der Waals surface area contributed by atoms with Gasteiger partial charge in [0.05, 0.1) is 11.0 Å². The number of nitrogens with zero attached hydrogens (tertiary/aromatic N) is 1. The lowest BCUT2D eigenvalue weighted by molar-refractivity contribution is 0.660. The summed E-state index contributed by atoms with van der Waals surface area (Å²) < 4.78 is 18.3. The molecule has 4 heteroatoms. The van der Waals surface area contributed by atoms with Crippen LogP contribution < -0.4 is 0 Å². The average molecular weight is 798 g/mol. The minimum atomic E-state index is -0.166. The fraction of sp³-hybridized carbons (Fsp3) is 0.0526. The molecule has 0 saturated heterocycles. The number of hydrogen-bond donors (Lipinski definition) is 0. The molecule has 0 unspecified atom stereocenters. The molecule has 4 heterocycles. The van der Waals surface area contributed by atoms with Crippen molar-refractivity contribution < 1.29 is 8.83 Å². The number of fused-ring (bicyclic) bond motifs is 16. The first-order chi connectivity index (χ1) is 30.0. The fourth-order valence-corrected chi connectivity index (χ4v) is 12.0. The van der Waals surface area contributed by atoms with Crippen LogP contribution in [0.2, 0.25) is 0 Å². The van der Waals surface area contributed by atoms with E-state index in [0.29, 0.717) is 0 Å². The predicted molar refractivity (Wildman–Crippen MR) is 257 cm³/mol. The molecule has 0 saturated carbocycles. The second-order valence-electron chi connectivity index (χ2n) is 17.2. The summed E-state index contributed by atoms with van der Waals surface area (Å²) in [4.78, 5) is 0. The molecule has 0 atom stereocenters. The SMILES string of the molecule is CC1(C)c2cc(-n3c4ccc(-c5cccc6c5oc5ccccc56)cc4c4cc(-c5cccc6c5oc5ccccc56)ccc43)ccc2-c2c1ccc1c2sc2ccccc21. The first-order valence-corrected chi connectivity index (χ1v) is 21.8. The maximum atomic E-state index is 6.57. The molecule has 13 aromatic rings. The average Bonchev–Trinajstić information content (AvgIpc) is 4.10. The van der Waals surface area contributed by atoms with Crippen molar-refractivity contribution in [3.63, 3.8) is 0 Å². The van der Waals surface area contributed by atoms with Crippen LogP contribution in [0.25, 0.3) is 125 Å². The number of aromatic nitrogens is 1. The van der Waals surface area contributed by atoms with E-state index in [2.05, 4.69) is 182 Å². The summed E-state index contributed by atoms with van der Waals surface area (Å²) in [5.74, 6) is 0. The summed E-state index contributed by atoms with van der Waals surface area (Å²) in [7, 11) is 0. The van der Waals surface area contributed by atoms with Gasteiger partial charge in [-0.15, -0.1) is 11.3 Å². The van der Waals surface area contributed by atoms with E-state index in [1.807, 2.05) is 23.5 Å². The Hall–Kier alpha value is -7.40. The van der Waals surface area contributed by atoms with Crippen LogP contribution in [0, 0.1) is 0 Å². The Morgan fingerprint density at radius 1 is 0.426 bits per heavy atom. The molecule has 1 aliphatic rings. The van der Waals surface area contributed by atoms with Crippen LogP contribution in [0.5, 0.6) is 0 Å². The first-order valence-electron chi connectivity index (χ1n) is 21.0. The molecule has 0 radical (unpaired) electrons. The van der Waals surface area contributed by atoms with E-state index in [0.717, 1.165) is 82.9 Å². The third kappa shape index (κ3) is 4.47. The van der Waals surface area contributed by atoms with Crippen LogP contribution in [0.4, 0.5) is 0 Å². The van der Waals surface area contributed by atoms with Crippen LogP contribution in [-0.4, -0.2) is 4.57 Å². The van der Waals surface area contributed by atoms with Crippen molar-refractivity contribution in [3.05, 3.63) is 187 Å². The van der Waals surface area contributed by atoms with Gasteiger partial charge in [-0.1, -0.05) is 135 Å². The molecule has 14 rings (SSSR count). The second-order valence-corrected chi connectivity index (χ2v) is 18.2. The second kappa shape index (κ2) is 11.9. The number of para-hydroxylation sites is 4. The zero-order chi connectivity index (χ0) is 40.1. The zero-order valence-electron chi connectivity index (χ0n) is 33.4. The van der Waals surface area contributed by atoms with E-state index in [1.54, 1.807) is 0 Å². The smallest absolute Gasteiger partial charge is 0.143 e. The van der Waals surface area contributed by atoms with Crippen LogP contribution in [0.15, 0.2) is 185 Å². The van der Waals surface area contributed by atoms with E-state index in [4.69, 9.17) is 8.83 Å². The van der Waals surface area contributed by atoms with Crippen molar-refractivity contribution in [1.29, 1.82) is 0 Å². The lowest BCUT2D eigenvalue weighted by Crippen LogP contribution is -2.15. The first kappa shape index (κ1) is 33.4. The van der Waals surface area contributed by atoms with Crippen molar-refractivity contribution in [2.45, 2.75) is 19.3 Å². The molecule has 1 aliphatic carbocycles. The maximum absolute atomic E-state index is 6.57. The zero-order valence-corrected chi connectivity index (χ0v) is 34.2. The molecule has 0 N–H and O–H groups in total. The quantitative estimate of drug-likeness (QED) is 0.178. The topological polar surface area (TPSA) is 31.2 Å². The largest absolute Gasteiger partial charge is 0.455 e. The molecule has 3 nitrogen and oxygen atoms in total. The summed E-state index contributed by atoms with van der Waals surface area (Å²) in [6.07, 6.45) is 0. The van der Waals surface area contributed by atoms with E-state index < -0.39 is 0 Å². The van der Waals surface area contributed by atoms with Crippen molar-refractivity contribution in [2.24, 2.45) is 0 Å². The molecule has 0 amide bonds. The molecule has 9 aromatic carbocycles. The molecule has 0 fully saturated rings. The molecule has 4 aromatic heterocycles. The fourth-order valence-electron chi connectivity index (χ4n) is 10.7. The van der Waals surface area contributed by atoms with Gasteiger partial charge < -0.3 is 13.4 Å². The van der Waals surface area contributed by atoms with E-state index >= 15 is 0 Å². The van der Waals surface area contributed by atoms with Crippen LogP contribution in [0.3, 0.4) is 0 Å². The number of benzene rings is 9. The number of rotatable bonds is 3. The van der Waals surface area contributed by atoms with Gasteiger partial charge in [-0.3, -0.25) is 0 Å². The third-order valence-corrected chi connectivity index (χ3v) is 14.8. The van der Waals surface area contributed by atoms with Crippen LogP contribution >= 0.6 is 11.3 Å². The van der Waals surface area contributed by atoms with Gasteiger partial charge in [0, 0.05) is 80.3 Å². The molecule has 286 valence electrons. The summed E-state index contributed by atoms with van der Waals surface area (Å²) in [6.45, 7) is 4.78. The number of thiophene rings is 1. The summed E-state index contributed by atoms with van der Waals surface area (Å²) in [5, 5.41) is 9.59. The van der Waals surface area contributed by atoms with E-state index in [9.17, 15) is 0 Å². The molecule has 0 spiro atoms. The Morgan fingerprint density at radius 3 is 1.64 bits per heavy atom. The lowest BCUT2D eigenvalue weighted by atomic mass is 9.82. The highest BCUT2D eigenvalue weighted by atomic mass is 32.1. The maximum Gasteiger partial charge on any atom is 0.143 e. The summed E-state index contributed by atoms with van der Waals surface area (Å²) >= 11 is 1.92. The van der Waals surface area contributed by atoms with Crippen LogP contribution in [0.1, 0.15) is 25.0 Å². The Balaban J connectivity index is 1.01. The van der Waals surface area contributed by atoms with Crippen molar-refractivity contribution in [3.8, 4) is 39.1 Å². The molecule has 0 bridgehead atoms. The molecular formula is C57H35NO2S. The lowest BCUT2D eigenvalue weighted by Gasteiger charge is -2.22. The van der Waals surface area contributed by atoms with Crippen LogP contribution in [-0.2, 0) is 5.41 Å². The number of hydrogen-bond acceptors (Lipinski definition) is 3. The monoisotopic (exact) mass is 797 g/mol. The minimum Gasteiger partial charge on any atom is -0.455 e. The van der Waals surface area contributed by atoms with Crippen molar-refractivity contribution in [1.82, 2.24) is 4.57 Å². The Kier molecular flexibility index (Phi) is 6.51. The predicted octanol–water partition coefficient (Wildman–Crippen LogP) is 16.6. The minimum absolute atomic E-state index is 0.166. The third-order valence-electron chi connectivity index (χ3n) is 13.6. The van der Waals surface area contributed by atoms with Gasteiger partial charge in [0.1, 0.15) is 22.3 Å². The highest BCUT2D eigenvalue weighted by molar-refractivity contribution is 7.26. The highest BCUT2D eigenvalue weighted by Crippen LogP contribution is 2.54. The normalized spacial score (nSPS) is 13.5. The molecule has 61 heavy (non-hydrogen) atoms. The highest BCUT2D eigenvalue weighted by Gasteiger charge is 2.37. The Morgan fingerprint density at radius 2 is 1.00 bits per heavy atom. The standard InChI is InChI=1S/C57H35NO2S/c1-57(2)46-26-25-42-39-13-5-8-20-52(39)61-56(42)53(46)43-24-23-34(31-47(43)57)58-48-27-21-32(35-14-9-16-40-37-11-3-6-18-50(37)59-54(35)40)29-44(48)45-30-33(22-28-49(45)58)36-15-10-17-41-38-12-4-7-19-51(38)60-55(36)41/h3-31H,1-2H3. The van der Waals surface area contributed by atoms with Gasteiger partial charge in [-0.05, 0) is 82.4 Å². The van der Waals surface area contributed by atoms with Gasteiger partial charge >= 0.3 is 0 Å². The van der Waals surface area contributed by atoms with Gasteiger partial charge in [0.25, 0.3) is 0 Å². The van der Waals surface area contributed by atoms with E-state index in [-0.39, 0.29) is 5.41 Å². The van der Waals surface area contributed by atoms with Gasteiger partial charge in [0.15, 0.2) is 0 Å². The molecular weight excluding hydrogens is 763 g/mol. The van der Waals surface area contributed by atoms with Gasteiger partial charge in [-0.25, -0.2) is 0 Å².